The third kappa shape index (κ3) is 6.43. The zero-order valence-electron chi connectivity index (χ0n) is 21.4. The summed E-state index contributed by atoms with van der Waals surface area (Å²) in [6.45, 7) is 6.04. The first kappa shape index (κ1) is 26.1. The predicted octanol–water partition coefficient (Wildman–Crippen LogP) is 3.96. The van der Waals surface area contributed by atoms with Gasteiger partial charge in [0.15, 0.2) is 0 Å². The molecule has 0 unspecified atom stereocenters. The second kappa shape index (κ2) is 11.9. The maximum atomic E-state index is 13.6. The van der Waals surface area contributed by atoms with Crippen molar-refractivity contribution in [2.45, 2.75) is 51.7 Å². The van der Waals surface area contributed by atoms with E-state index in [4.69, 9.17) is 4.74 Å². The lowest BCUT2D eigenvalue weighted by Gasteiger charge is -2.38. The Morgan fingerprint density at radius 2 is 1.97 bits per heavy atom. The Labute approximate surface area is 213 Å². The minimum atomic E-state index is -0.353. The number of fused-ring (bicyclic) bond motifs is 1. The Balaban J connectivity index is 1.61. The number of amides is 1. The van der Waals surface area contributed by atoms with E-state index >= 15 is 0 Å². The molecule has 1 amide bonds. The van der Waals surface area contributed by atoms with Crippen LogP contribution in [0.5, 0.6) is 5.88 Å². The number of halogens is 1. The van der Waals surface area contributed by atoms with Gasteiger partial charge in [0.05, 0.1) is 12.6 Å². The number of carbonyl (C=O) groups is 1. The van der Waals surface area contributed by atoms with Crippen molar-refractivity contribution >= 4 is 5.91 Å². The Morgan fingerprint density at radius 3 is 2.69 bits per heavy atom. The van der Waals surface area contributed by atoms with E-state index in [0.29, 0.717) is 23.2 Å². The summed E-state index contributed by atoms with van der Waals surface area (Å²) in [5.74, 6) is 6.40. The van der Waals surface area contributed by atoms with E-state index in [1.165, 1.54) is 37.8 Å². The standard InChI is InChI=1S/C29H36FN3O3/c1-20-16-33(21(2)19-34)29(35)26-14-24(12-11-22-9-6-10-25(30)13-22)15-31-28(26)36-27(20)18-32(3)17-23-7-4-5-8-23/h6,9-10,13-15,20-21,23,27,34H,4-5,7-8,16-19H2,1-3H3/t20-,21-,27+/m0/s1. The van der Waals surface area contributed by atoms with E-state index in [0.717, 1.165) is 19.0 Å². The SMILES string of the molecule is C[C@H]1CN([C@@H](C)CO)C(=O)c2cc(C#Cc3cccc(F)c3)cnc2O[C@@H]1CN(C)CC1CCCC1. The van der Waals surface area contributed by atoms with E-state index in [1.807, 2.05) is 6.92 Å². The van der Waals surface area contributed by atoms with Crippen molar-refractivity contribution in [3.05, 3.63) is 59.0 Å². The molecule has 36 heavy (non-hydrogen) atoms. The molecule has 2 heterocycles. The summed E-state index contributed by atoms with van der Waals surface area (Å²) in [6.07, 6.45) is 6.62. The first-order valence-electron chi connectivity index (χ1n) is 12.9. The van der Waals surface area contributed by atoms with E-state index < -0.39 is 0 Å². The van der Waals surface area contributed by atoms with Crippen molar-refractivity contribution in [1.82, 2.24) is 14.8 Å². The summed E-state index contributed by atoms with van der Waals surface area (Å²) < 4.78 is 19.9. The van der Waals surface area contributed by atoms with Crippen molar-refractivity contribution in [2.75, 3.05) is 33.3 Å². The lowest BCUT2D eigenvalue weighted by atomic mass is 9.99. The molecule has 1 N–H and O–H groups in total. The fourth-order valence-corrected chi connectivity index (χ4v) is 5.11. The van der Waals surface area contributed by atoms with Gasteiger partial charge in [-0.05, 0) is 57.0 Å². The summed E-state index contributed by atoms with van der Waals surface area (Å²) in [4.78, 5) is 22.1. The molecule has 7 heteroatoms. The number of pyridine rings is 1. The van der Waals surface area contributed by atoms with Gasteiger partial charge in [-0.2, -0.15) is 0 Å². The van der Waals surface area contributed by atoms with Gasteiger partial charge in [0.25, 0.3) is 5.91 Å². The second-order valence-corrected chi connectivity index (χ2v) is 10.3. The number of aromatic nitrogens is 1. The number of ether oxygens (including phenoxy) is 1. The predicted molar refractivity (Wildman–Crippen MR) is 137 cm³/mol. The number of aliphatic hydroxyl groups is 1. The number of aliphatic hydroxyl groups excluding tert-OH is 1. The fourth-order valence-electron chi connectivity index (χ4n) is 5.11. The molecule has 2 aromatic rings. The zero-order chi connectivity index (χ0) is 25.7. The van der Waals surface area contributed by atoms with E-state index in [9.17, 15) is 14.3 Å². The van der Waals surface area contributed by atoms with Crippen molar-refractivity contribution < 1.29 is 19.0 Å². The van der Waals surface area contributed by atoms with Crippen molar-refractivity contribution in [3.63, 3.8) is 0 Å². The quantitative estimate of drug-likeness (QED) is 0.617. The van der Waals surface area contributed by atoms with E-state index in [-0.39, 0.29) is 42.3 Å². The number of rotatable bonds is 6. The number of likely N-dealkylation sites (N-methyl/N-ethyl adjacent to an activating group) is 1. The Morgan fingerprint density at radius 1 is 1.22 bits per heavy atom. The number of hydrogen-bond donors (Lipinski definition) is 1. The first-order valence-corrected chi connectivity index (χ1v) is 12.9. The van der Waals surface area contributed by atoms with Gasteiger partial charge in [0, 0.05) is 42.9 Å². The number of benzene rings is 1. The van der Waals surface area contributed by atoms with Crippen LogP contribution >= 0.6 is 0 Å². The zero-order valence-corrected chi connectivity index (χ0v) is 21.4. The van der Waals surface area contributed by atoms with Gasteiger partial charge < -0.3 is 19.6 Å². The maximum Gasteiger partial charge on any atom is 0.259 e. The van der Waals surface area contributed by atoms with Gasteiger partial charge in [-0.15, -0.1) is 0 Å². The molecule has 0 saturated heterocycles. The normalized spacial score (nSPS) is 21.3. The fraction of sp³-hybridized carbons (Fsp3) is 0.517. The Hall–Kier alpha value is -2.95. The van der Waals surface area contributed by atoms with Crippen LogP contribution in [0, 0.1) is 29.5 Å². The molecule has 2 aliphatic rings. The highest BCUT2D eigenvalue weighted by molar-refractivity contribution is 5.97. The summed E-state index contributed by atoms with van der Waals surface area (Å²) in [6, 6.07) is 7.40. The van der Waals surface area contributed by atoms with Crippen LogP contribution in [0.25, 0.3) is 0 Å². The molecule has 1 aliphatic heterocycles. The second-order valence-electron chi connectivity index (χ2n) is 10.3. The van der Waals surface area contributed by atoms with Crippen LogP contribution in [0.3, 0.4) is 0 Å². The molecule has 0 radical (unpaired) electrons. The number of hydrogen-bond acceptors (Lipinski definition) is 5. The Kier molecular flexibility index (Phi) is 8.60. The van der Waals surface area contributed by atoms with Crippen LogP contribution < -0.4 is 4.74 Å². The third-order valence-electron chi connectivity index (χ3n) is 7.23. The largest absolute Gasteiger partial charge is 0.472 e. The van der Waals surface area contributed by atoms with Crippen LogP contribution in [0.4, 0.5) is 4.39 Å². The van der Waals surface area contributed by atoms with Crippen molar-refractivity contribution in [1.29, 1.82) is 0 Å². The average molecular weight is 494 g/mol. The summed E-state index contributed by atoms with van der Waals surface area (Å²) in [5.41, 5.74) is 1.41. The number of nitrogens with zero attached hydrogens (tertiary/aromatic N) is 3. The average Bonchev–Trinajstić information content (AvgIpc) is 3.37. The minimum Gasteiger partial charge on any atom is -0.472 e. The monoisotopic (exact) mass is 493 g/mol. The molecule has 1 aromatic heterocycles. The molecule has 6 nitrogen and oxygen atoms in total. The molecule has 0 bridgehead atoms. The summed E-state index contributed by atoms with van der Waals surface area (Å²) >= 11 is 0. The molecule has 0 spiro atoms. The van der Waals surface area contributed by atoms with E-state index in [2.05, 4.69) is 35.7 Å². The van der Waals surface area contributed by atoms with Crippen LogP contribution in [0.2, 0.25) is 0 Å². The minimum absolute atomic E-state index is 0.0522. The van der Waals surface area contributed by atoms with Crippen molar-refractivity contribution in [2.24, 2.45) is 11.8 Å². The Bertz CT molecular complexity index is 1120. The summed E-state index contributed by atoms with van der Waals surface area (Å²) in [5, 5.41) is 9.86. The van der Waals surface area contributed by atoms with E-state index in [1.54, 1.807) is 29.3 Å². The van der Waals surface area contributed by atoms with Gasteiger partial charge in [-0.1, -0.05) is 37.7 Å². The first-order chi connectivity index (χ1) is 17.3. The molecular formula is C29H36FN3O3. The van der Waals surface area contributed by atoms with Crippen LogP contribution in [0.1, 0.15) is 61.0 Å². The van der Waals surface area contributed by atoms with Gasteiger partial charge in [0.1, 0.15) is 17.5 Å². The molecule has 192 valence electrons. The molecule has 1 fully saturated rings. The number of carbonyl (C=O) groups excluding carboxylic acids is 1. The topological polar surface area (TPSA) is 65.9 Å². The highest BCUT2D eigenvalue weighted by atomic mass is 19.1. The highest BCUT2D eigenvalue weighted by Crippen LogP contribution is 2.29. The van der Waals surface area contributed by atoms with Gasteiger partial charge >= 0.3 is 0 Å². The van der Waals surface area contributed by atoms with Crippen molar-refractivity contribution in [3.8, 4) is 17.7 Å². The lowest BCUT2D eigenvalue weighted by molar-refractivity contribution is 0.0320. The summed E-state index contributed by atoms with van der Waals surface area (Å²) in [7, 11) is 2.13. The van der Waals surface area contributed by atoms with Crippen LogP contribution in [0.15, 0.2) is 36.5 Å². The highest BCUT2D eigenvalue weighted by Gasteiger charge is 2.34. The maximum absolute atomic E-state index is 13.6. The third-order valence-corrected chi connectivity index (χ3v) is 7.23. The molecule has 4 rings (SSSR count). The van der Waals surface area contributed by atoms with Gasteiger partial charge in [-0.25, -0.2) is 9.37 Å². The van der Waals surface area contributed by atoms with Crippen LogP contribution in [-0.2, 0) is 0 Å². The van der Waals surface area contributed by atoms with Gasteiger partial charge in [0.2, 0.25) is 5.88 Å². The molecule has 1 aliphatic carbocycles. The van der Waals surface area contributed by atoms with Gasteiger partial charge in [-0.3, -0.25) is 4.79 Å². The lowest BCUT2D eigenvalue weighted by Crippen LogP contribution is -2.50. The molecule has 3 atom stereocenters. The molecular weight excluding hydrogens is 457 g/mol. The molecule has 1 aromatic carbocycles. The molecule has 1 saturated carbocycles. The van der Waals surface area contributed by atoms with Crippen LogP contribution in [-0.4, -0.2) is 71.2 Å². The smallest absolute Gasteiger partial charge is 0.259 e.